The number of benzene rings is 3. The van der Waals surface area contributed by atoms with Crippen LogP contribution in [-0.2, 0) is 35.8 Å². The second kappa shape index (κ2) is 11.0. The summed E-state index contributed by atoms with van der Waals surface area (Å²) < 4.78 is 77.1. The zero-order valence-corrected chi connectivity index (χ0v) is 23.4. The largest absolute Gasteiger partial charge is 0.456 e. The van der Waals surface area contributed by atoms with Crippen molar-refractivity contribution in [3.63, 3.8) is 0 Å². The number of halogens is 3. The molecule has 0 radical (unpaired) electrons. The minimum absolute atomic E-state index is 0.0443. The molecule has 8 nitrogen and oxygen atoms in total. The van der Waals surface area contributed by atoms with E-state index in [1.54, 1.807) is 24.4 Å². The summed E-state index contributed by atoms with van der Waals surface area (Å²) in [6.45, 7) is 1.46. The highest BCUT2D eigenvalue weighted by Crippen LogP contribution is 2.42. The Morgan fingerprint density at radius 1 is 0.927 bits per heavy atom. The summed E-state index contributed by atoms with van der Waals surface area (Å²) in [6, 6.07) is 17.6. The first-order chi connectivity index (χ1) is 19.7. The highest BCUT2D eigenvalue weighted by molar-refractivity contribution is 7.99. The number of para-hydroxylation sites is 1. The van der Waals surface area contributed by atoms with Crippen molar-refractivity contribution in [1.82, 2.24) is 19.3 Å². The zero-order chi connectivity index (χ0) is 28.6. The summed E-state index contributed by atoms with van der Waals surface area (Å²) in [6.07, 6.45) is -2.89. The molecule has 41 heavy (non-hydrogen) atoms. The van der Waals surface area contributed by atoms with Crippen molar-refractivity contribution >= 4 is 27.5 Å². The molecule has 3 heterocycles. The van der Waals surface area contributed by atoms with Crippen LogP contribution in [0, 0.1) is 0 Å². The van der Waals surface area contributed by atoms with E-state index in [0.717, 1.165) is 36.7 Å². The van der Waals surface area contributed by atoms with Crippen molar-refractivity contribution < 1.29 is 26.3 Å². The molecule has 1 saturated heterocycles. The van der Waals surface area contributed by atoms with Gasteiger partial charge in [-0.05, 0) is 35.9 Å². The van der Waals surface area contributed by atoms with Crippen molar-refractivity contribution in [2.75, 3.05) is 29.5 Å². The van der Waals surface area contributed by atoms with Gasteiger partial charge < -0.3 is 9.64 Å². The fraction of sp³-hybridized carbons (Fsp3) is 0.286. The highest BCUT2D eigenvalue weighted by atomic mass is 32.2. The Balaban J connectivity index is 1.34. The molecule has 1 fully saturated rings. The van der Waals surface area contributed by atoms with E-state index >= 15 is 0 Å². The van der Waals surface area contributed by atoms with Gasteiger partial charge in [0.15, 0.2) is 0 Å². The SMILES string of the molecule is O=S1(=O)c2c(cccc2N2CCSCC2)Oc2ccccc2CN1Cc1cn(Cc2cccc(C(F)(F)F)c2)nn1. The molecule has 3 aromatic carbocycles. The number of nitrogens with zero attached hydrogens (tertiary/aromatic N) is 5. The molecular weight excluding hydrogens is 575 g/mol. The minimum atomic E-state index is -4.45. The van der Waals surface area contributed by atoms with Crippen LogP contribution in [0.15, 0.2) is 77.8 Å². The molecule has 0 amide bonds. The lowest BCUT2D eigenvalue weighted by Gasteiger charge is -2.33. The van der Waals surface area contributed by atoms with E-state index in [0.29, 0.717) is 28.3 Å². The lowest BCUT2D eigenvalue weighted by atomic mass is 10.1. The smallest absolute Gasteiger partial charge is 0.416 e. The van der Waals surface area contributed by atoms with Gasteiger partial charge in [0.2, 0.25) is 10.0 Å². The number of aromatic nitrogens is 3. The molecule has 0 spiro atoms. The van der Waals surface area contributed by atoms with E-state index in [-0.39, 0.29) is 30.3 Å². The molecule has 0 atom stereocenters. The monoisotopic (exact) mass is 601 g/mol. The molecule has 2 aliphatic heterocycles. The van der Waals surface area contributed by atoms with E-state index in [1.807, 2.05) is 42.1 Å². The molecule has 4 aromatic rings. The van der Waals surface area contributed by atoms with Gasteiger partial charge in [0.1, 0.15) is 16.4 Å². The standard InChI is InChI=1S/C28H26F3N5O3S2/c29-28(30,31)22-7-3-5-20(15-22)16-35-18-23(32-33-35)19-36-17-21-6-1-2-9-25(21)39-26-10-4-8-24(27(26)41(36,37)38)34-11-13-40-14-12-34/h1-10,15,18H,11-14,16-17,19H2. The molecule has 13 heteroatoms. The molecule has 0 aliphatic carbocycles. The molecule has 2 aliphatic rings. The van der Waals surface area contributed by atoms with E-state index in [4.69, 9.17) is 4.74 Å². The third-order valence-electron chi connectivity index (χ3n) is 6.97. The number of rotatable bonds is 5. The Hall–Kier alpha value is -3.55. The molecule has 0 bridgehead atoms. The fourth-order valence-electron chi connectivity index (χ4n) is 5.00. The number of hydrogen-bond acceptors (Lipinski definition) is 7. The molecule has 214 valence electrons. The van der Waals surface area contributed by atoms with Crippen LogP contribution in [0.5, 0.6) is 11.5 Å². The average molecular weight is 602 g/mol. The van der Waals surface area contributed by atoms with E-state index in [2.05, 4.69) is 15.2 Å². The average Bonchev–Trinajstić information content (AvgIpc) is 3.39. The van der Waals surface area contributed by atoms with Gasteiger partial charge in [-0.25, -0.2) is 13.1 Å². The van der Waals surface area contributed by atoms with Gasteiger partial charge in [0, 0.05) is 36.7 Å². The molecule has 6 rings (SSSR count). The second-order valence-corrected chi connectivity index (χ2v) is 12.9. The van der Waals surface area contributed by atoms with Gasteiger partial charge in [-0.2, -0.15) is 29.2 Å². The summed E-state index contributed by atoms with van der Waals surface area (Å²) in [5, 5.41) is 8.23. The van der Waals surface area contributed by atoms with Crippen LogP contribution in [0.4, 0.5) is 18.9 Å². The first-order valence-corrected chi connectivity index (χ1v) is 15.5. The number of hydrogen-bond donors (Lipinski definition) is 0. The summed E-state index contributed by atoms with van der Waals surface area (Å²) in [4.78, 5) is 2.19. The van der Waals surface area contributed by atoms with Gasteiger partial charge in [0.25, 0.3) is 0 Å². The Labute approximate surface area is 239 Å². The normalized spacial score (nSPS) is 17.2. The number of ether oxygens (including phenoxy) is 1. The Bertz CT molecular complexity index is 1670. The van der Waals surface area contributed by atoms with Gasteiger partial charge in [-0.3, -0.25) is 0 Å². The number of alkyl halides is 3. The second-order valence-electron chi connectivity index (χ2n) is 9.79. The van der Waals surface area contributed by atoms with Crippen molar-refractivity contribution in [3.05, 3.63) is 95.3 Å². The van der Waals surface area contributed by atoms with Crippen LogP contribution >= 0.6 is 11.8 Å². The maximum Gasteiger partial charge on any atom is 0.416 e. The maximum atomic E-state index is 14.3. The number of sulfonamides is 1. The zero-order valence-electron chi connectivity index (χ0n) is 21.8. The third-order valence-corrected chi connectivity index (χ3v) is 9.78. The van der Waals surface area contributed by atoms with E-state index < -0.39 is 21.8 Å². The minimum Gasteiger partial charge on any atom is -0.456 e. The number of anilines is 1. The Morgan fingerprint density at radius 2 is 1.68 bits per heavy atom. The van der Waals surface area contributed by atoms with Crippen LogP contribution < -0.4 is 9.64 Å². The van der Waals surface area contributed by atoms with Crippen molar-refractivity contribution in [1.29, 1.82) is 0 Å². The topological polar surface area (TPSA) is 80.6 Å². The summed E-state index contributed by atoms with van der Waals surface area (Å²) in [5.41, 5.74) is 1.32. The molecular formula is C28H26F3N5O3S2. The molecule has 0 unspecified atom stereocenters. The lowest BCUT2D eigenvalue weighted by molar-refractivity contribution is -0.137. The first kappa shape index (κ1) is 27.6. The lowest BCUT2D eigenvalue weighted by Crippen LogP contribution is -2.36. The molecule has 0 saturated carbocycles. The fourth-order valence-corrected chi connectivity index (χ4v) is 7.59. The molecule has 1 aromatic heterocycles. The summed E-state index contributed by atoms with van der Waals surface area (Å²) in [5.74, 6) is 2.61. The summed E-state index contributed by atoms with van der Waals surface area (Å²) in [7, 11) is -4.08. The Morgan fingerprint density at radius 3 is 2.49 bits per heavy atom. The predicted molar refractivity (Wildman–Crippen MR) is 149 cm³/mol. The predicted octanol–water partition coefficient (Wildman–Crippen LogP) is 5.40. The van der Waals surface area contributed by atoms with Gasteiger partial charge in [-0.15, -0.1) is 5.10 Å². The maximum absolute atomic E-state index is 14.3. The number of thioether (sulfide) groups is 1. The van der Waals surface area contributed by atoms with Crippen LogP contribution in [0.25, 0.3) is 0 Å². The van der Waals surface area contributed by atoms with Crippen LogP contribution in [0.1, 0.15) is 22.4 Å². The summed E-state index contributed by atoms with van der Waals surface area (Å²) >= 11 is 1.83. The third kappa shape index (κ3) is 5.79. The van der Waals surface area contributed by atoms with Crippen LogP contribution in [0.2, 0.25) is 0 Å². The Kier molecular flexibility index (Phi) is 7.43. The van der Waals surface area contributed by atoms with Crippen LogP contribution in [0.3, 0.4) is 0 Å². The van der Waals surface area contributed by atoms with Crippen molar-refractivity contribution in [2.45, 2.75) is 30.7 Å². The van der Waals surface area contributed by atoms with Crippen molar-refractivity contribution in [3.8, 4) is 11.5 Å². The van der Waals surface area contributed by atoms with E-state index in [9.17, 15) is 21.6 Å². The quantitative estimate of drug-likeness (QED) is 0.303. The van der Waals surface area contributed by atoms with Gasteiger partial charge in [0.05, 0.1) is 36.2 Å². The van der Waals surface area contributed by atoms with Crippen LogP contribution in [-0.4, -0.2) is 52.3 Å². The highest BCUT2D eigenvalue weighted by Gasteiger charge is 2.36. The van der Waals surface area contributed by atoms with E-state index in [1.165, 1.54) is 15.1 Å². The van der Waals surface area contributed by atoms with Gasteiger partial charge >= 0.3 is 6.18 Å². The first-order valence-electron chi connectivity index (χ1n) is 13.0. The number of fused-ring (bicyclic) bond motifs is 2. The molecule has 0 N–H and O–H groups in total. The van der Waals surface area contributed by atoms with Gasteiger partial charge in [-0.1, -0.05) is 41.6 Å². The van der Waals surface area contributed by atoms with Crippen molar-refractivity contribution in [2.24, 2.45) is 0 Å².